The van der Waals surface area contributed by atoms with Crippen LogP contribution in [0.2, 0.25) is 5.02 Å². The Labute approximate surface area is 123 Å². The average Bonchev–Trinajstić information content (AvgIpc) is 2.36. The van der Waals surface area contributed by atoms with Crippen molar-refractivity contribution in [1.82, 2.24) is 0 Å². The van der Waals surface area contributed by atoms with E-state index in [0.29, 0.717) is 16.0 Å². The summed E-state index contributed by atoms with van der Waals surface area (Å²) >= 11 is 9.05. The fraction of sp³-hybridized carbons (Fsp3) is 0.143. The van der Waals surface area contributed by atoms with Crippen molar-refractivity contribution in [2.75, 3.05) is 0 Å². The number of hydrogen-bond donors (Lipinski definition) is 1. The Balaban J connectivity index is 2.25. The summed E-state index contributed by atoms with van der Waals surface area (Å²) in [6, 6.07) is 9.41. The summed E-state index contributed by atoms with van der Waals surface area (Å²) in [4.78, 5) is 0. The minimum atomic E-state index is -0.550. The molecule has 1 N–H and O–H groups in total. The Bertz CT molecular complexity index is 602. The lowest BCUT2D eigenvalue weighted by Crippen LogP contribution is -1.92. The van der Waals surface area contributed by atoms with Crippen molar-refractivity contribution in [1.29, 1.82) is 0 Å². The molecule has 1 atom stereocenters. The standard InChI is InChI=1S/C14H11BrClFO2/c1-8(18)9-2-5-14(11(15)6-9)19-10-3-4-13(17)12(16)7-10/h2-8,18H,1H3. The highest BCUT2D eigenvalue weighted by Crippen LogP contribution is 2.33. The van der Waals surface area contributed by atoms with Crippen molar-refractivity contribution >= 4 is 27.5 Å². The Kier molecular flexibility index (Phi) is 4.45. The molecule has 0 aliphatic rings. The van der Waals surface area contributed by atoms with E-state index < -0.39 is 11.9 Å². The highest BCUT2D eigenvalue weighted by Gasteiger charge is 2.08. The zero-order valence-corrected chi connectivity index (χ0v) is 12.4. The quantitative estimate of drug-likeness (QED) is 0.840. The number of aliphatic hydroxyl groups is 1. The van der Waals surface area contributed by atoms with Gasteiger partial charge in [0.05, 0.1) is 15.6 Å². The predicted molar refractivity (Wildman–Crippen MR) is 76.3 cm³/mol. The molecule has 2 aromatic carbocycles. The molecule has 0 saturated carbocycles. The Morgan fingerprint density at radius 1 is 1.26 bits per heavy atom. The van der Waals surface area contributed by atoms with Gasteiger partial charge < -0.3 is 9.84 Å². The number of hydrogen-bond acceptors (Lipinski definition) is 2. The van der Waals surface area contributed by atoms with Gasteiger partial charge in [0.2, 0.25) is 0 Å². The van der Waals surface area contributed by atoms with E-state index in [1.807, 2.05) is 0 Å². The molecule has 0 aliphatic heterocycles. The minimum Gasteiger partial charge on any atom is -0.456 e. The Hall–Kier alpha value is -1.10. The first-order chi connectivity index (χ1) is 8.97. The zero-order chi connectivity index (χ0) is 14.0. The summed E-state index contributed by atoms with van der Waals surface area (Å²) in [5.41, 5.74) is 0.774. The molecule has 2 aromatic rings. The summed E-state index contributed by atoms with van der Waals surface area (Å²) in [6.45, 7) is 1.68. The molecule has 0 spiro atoms. The van der Waals surface area contributed by atoms with Crippen LogP contribution in [-0.2, 0) is 0 Å². The first kappa shape index (κ1) is 14.3. The van der Waals surface area contributed by atoms with Gasteiger partial charge in [-0.1, -0.05) is 17.7 Å². The third-order valence-corrected chi connectivity index (χ3v) is 3.47. The van der Waals surface area contributed by atoms with Crippen LogP contribution in [0.3, 0.4) is 0 Å². The largest absolute Gasteiger partial charge is 0.456 e. The number of ether oxygens (including phenoxy) is 1. The van der Waals surface area contributed by atoms with Crippen LogP contribution in [0.1, 0.15) is 18.6 Å². The molecule has 0 fully saturated rings. The van der Waals surface area contributed by atoms with Crippen LogP contribution < -0.4 is 4.74 Å². The second kappa shape index (κ2) is 5.90. The number of aliphatic hydroxyl groups excluding tert-OH is 1. The molecule has 5 heteroatoms. The van der Waals surface area contributed by atoms with Crippen LogP contribution in [-0.4, -0.2) is 5.11 Å². The van der Waals surface area contributed by atoms with Gasteiger partial charge in [0.25, 0.3) is 0 Å². The smallest absolute Gasteiger partial charge is 0.142 e. The van der Waals surface area contributed by atoms with Crippen molar-refractivity contribution < 1.29 is 14.2 Å². The normalized spacial score (nSPS) is 12.3. The van der Waals surface area contributed by atoms with Crippen LogP contribution in [0.15, 0.2) is 40.9 Å². The average molecular weight is 346 g/mol. The van der Waals surface area contributed by atoms with Gasteiger partial charge in [-0.3, -0.25) is 0 Å². The van der Waals surface area contributed by atoms with E-state index >= 15 is 0 Å². The van der Waals surface area contributed by atoms with Crippen molar-refractivity contribution in [2.24, 2.45) is 0 Å². The molecular formula is C14H11BrClFO2. The van der Waals surface area contributed by atoms with Crippen LogP contribution in [0.5, 0.6) is 11.5 Å². The maximum atomic E-state index is 13.0. The molecule has 0 radical (unpaired) electrons. The van der Waals surface area contributed by atoms with Gasteiger partial charge in [-0.15, -0.1) is 0 Å². The maximum Gasteiger partial charge on any atom is 0.142 e. The van der Waals surface area contributed by atoms with Gasteiger partial charge in [0.15, 0.2) is 0 Å². The molecule has 0 heterocycles. The molecule has 0 bridgehead atoms. The number of halogens is 3. The fourth-order valence-electron chi connectivity index (χ4n) is 1.53. The van der Waals surface area contributed by atoms with E-state index in [1.165, 1.54) is 18.2 Å². The van der Waals surface area contributed by atoms with Crippen molar-refractivity contribution in [3.63, 3.8) is 0 Å². The summed E-state index contributed by atoms with van der Waals surface area (Å²) in [5, 5.41) is 9.48. The van der Waals surface area contributed by atoms with Crippen molar-refractivity contribution in [3.8, 4) is 11.5 Å². The molecule has 0 amide bonds. The molecule has 2 nitrogen and oxygen atoms in total. The molecule has 100 valence electrons. The molecule has 0 aromatic heterocycles. The summed E-state index contributed by atoms with van der Waals surface area (Å²) < 4.78 is 19.3. The summed E-state index contributed by atoms with van der Waals surface area (Å²) in [7, 11) is 0. The SMILES string of the molecule is CC(O)c1ccc(Oc2ccc(F)c(Cl)c2)c(Br)c1. The maximum absolute atomic E-state index is 13.0. The minimum absolute atomic E-state index is 0.00854. The van der Waals surface area contributed by atoms with Crippen LogP contribution in [0.4, 0.5) is 4.39 Å². The van der Waals surface area contributed by atoms with Gasteiger partial charge in [0, 0.05) is 6.07 Å². The van der Waals surface area contributed by atoms with E-state index in [1.54, 1.807) is 25.1 Å². The van der Waals surface area contributed by atoms with E-state index in [-0.39, 0.29) is 5.02 Å². The highest BCUT2D eigenvalue weighted by molar-refractivity contribution is 9.10. The molecule has 19 heavy (non-hydrogen) atoms. The number of rotatable bonds is 3. The lowest BCUT2D eigenvalue weighted by atomic mass is 10.1. The van der Waals surface area contributed by atoms with Gasteiger partial charge in [0.1, 0.15) is 17.3 Å². The first-order valence-electron chi connectivity index (χ1n) is 5.58. The molecule has 0 saturated heterocycles. The monoisotopic (exact) mass is 344 g/mol. The highest BCUT2D eigenvalue weighted by atomic mass is 79.9. The van der Waals surface area contributed by atoms with E-state index in [9.17, 15) is 9.50 Å². The van der Waals surface area contributed by atoms with Crippen LogP contribution >= 0.6 is 27.5 Å². The van der Waals surface area contributed by atoms with E-state index in [0.717, 1.165) is 5.56 Å². The van der Waals surface area contributed by atoms with E-state index in [2.05, 4.69) is 15.9 Å². The first-order valence-corrected chi connectivity index (χ1v) is 6.75. The molecule has 2 rings (SSSR count). The zero-order valence-electron chi connectivity index (χ0n) is 10.0. The summed E-state index contributed by atoms with van der Waals surface area (Å²) in [5.74, 6) is 0.515. The van der Waals surface area contributed by atoms with Gasteiger partial charge in [-0.25, -0.2) is 4.39 Å². The van der Waals surface area contributed by atoms with E-state index in [4.69, 9.17) is 16.3 Å². The van der Waals surface area contributed by atoms with Crippen LogP contribution in [0, 0.1) is 5.82 Å². The number of benzene rings is 2. The topological polar surface area (TPSA) is 29.5 Å². The third kappa shape index (κ3) is 3.47. The Morgan fingerprint density at radius 2 is 2.00 bits per heavy atom. The van der Waals surface area contributed by atoms with Gasteiger partial charge in [-0.2, -0.15) is 0 Å². The third-order valence-electron chi connectivity index (χ3n) is 2.56. The lowest BCUT2D eigenvalue weighted by molar-refractivity contribution is 0.199. The molecular weight excluding hydrogens is 335 g/mol. The lowest BCUT2D eigenvalue weighted by Gasteiger charge is -2.11. The van der Waals surface area contributed by atoms with Crippen LogP contribution in [0.25, 0.3) is 0 Å². The van der Waals surface area contributed by atoms with Gasteiger partial charge in [-0.05, 0) is 52.7 Å². The Morgan fingerprint density at radius 3 is 2.58 bits per heavy atom. The molecule has 0 aliphatic carbocycles. The summed E-state index contributed by atoms with van der Waals surface area (Å²) in [6.07, 6.45) is -0.550. The molecule has 1 unspecified atom stereocenters. The van der Waals surface area contributed by atoms with Crippen molar-refractivity contribution in [2.45, 2.75) is 13.0 Å². The predicted octanol–water partition coefficient (Wildman–Crippen LogP) is 5.09. The fourth-order valence-corrected chi connectivity index (χ4v) is 2.17. The second-order valence-electron chi connectivity index (χ2n) is 4.04. The van der Waals surface area contributed by atoms with Gasteiger partial charge >= 0.3 is 0 Å². The second-order valence-corrected chi connectivity index (χ2v) is 5.31. The van der Waals surface area contributed by atoms with Crippen molar-refractivity contribution in [3.05, 3.63) is 57.3 Å².